The molecule has 0 unspecified atom stereocenters. The molecule has 414 valence electrons. The van der Waals surface area contributed by atoms with Gasteiger partial charge in [-0.25, -0.2) is 0 Å². The molecular formula is C53H92N4O14S. The van der Waals surface area contributed by atoms with Gasteiger partial charge in [0.15, 0.2) is 17.7 Å². The van der Waals surface area contributed by atoms with Crippen molar-refractivity contribution >= 4 is 29.3 Å². The largest absolute Gasteiger partial charge is 0.466 e. The summed E-state index contributed by atoms with van der Waals surface area (Å²) in [6.45, 7) is 21.6. The summed E-state index contributed by atoms with van der Waals surface area (Å²) in [4.78, 5) is 33.1. The van der Waals surface area contributed by atoms with Crippen LogP contribution < -0.4 is 5.32 Å². The number of cyclic esters (lactones) is 1. The molecule has 19 heteroatoms. The van der Waals surface area contributed by atoms with Crippen LogP contribution in [0.1, 0.15) is 120 Å². The van der Waals surface area contributed by atoms with E-state index in [1.807, 2.05) is 81.9 Å². The fraction of sp³-hybridized carbons (Fsp3) is 0.830. The number of ether oxygens (including phenoxy) is 7. The zero-order chi connectivity index (χ0) is 53.9. The second kappa shape index (κ2) is 27.4. The Balaban J connectivity index is 1.76. The van der Waals surface area contributed by atoms with Gasteiger partial charge in [0.25, 0.3) is 0 Å². The lowest BCUT2D eigenvalue weighted by Gasteiger charge is -2.48. The van der Waals surface area contributed by atoms with E-state index in [9.17, 15) is 35.1 Å². The lowest BCUT2D eigenvalue weighted by molar-refractivity contribution is -0.318. The number of methoxy groups -OCH3 is 1. The SMILES string of the molecule is CCOC(=O)CCN(CCCN1C[C@H](C)C[C@@](C)(O)[C@H](O[C@@H]2O[C@H](C)C[C@H](N(C)C)[C@H]2O)[C@@H](C)[C@H](O[C@H]2C[C@@](C)(OC)[C@@H](O)[C@H](C)O2)[C@@H](C)C(=O)O[C@H](CC)[C@@](C)(O)[C@H](O)[C@H]1C)C(=S)NCc1ccccc1. The molecule has 6 N–H and O–H groups in total. The smallest absolute Gasteiger partial charge is 0.311 e. The summed E-state index contributed by atoms with van der Waals surface area (Å²) >= 11 is 5.88. The lowest BCUT2D eigenvalue weighted by atomic mass is 9.77. The van der Waals surface area contributed by atoms with Crippen molar-refractivity contribution in [1.29, 1.82) is 0 Å². The maximum atomic E-state index is 14.7. The number of likely N-dealkylation sites (N-methyl/N-ethyl adjacent to an activating group) is 1. The van der Waals surface area contributed by atoms with Crippen LogP contribution in [0.3, 0.4) is 0 Å². The summed E-state index contributed by atoms with van der Waals surface area (Å²) in [5.41, 5.74) is -3.64. The van der Waals surface area contributed by atoms with Gasteiger partial charge >= 0.3 is 11.9 Å². The Bertz CT molecular complexity index is 1830. The van der Waals surface area contributed by atoms with Crippen LogP contribution in [-0.4, -0.2) is 202 Å². The predicted octanol–water partition coefficient (Wildman–Crippen LogP) is 3.99. The van der Waals surface area contributed by atoms with E-state index < -0.39 is 96.0 Å². The zero-order valence-corrected chi connectivity index (χ0v) is 46.5. The number of carbonyl (C=O) groups excluding carboxylic acids is 2. The van der Waals surface area contributed by atoms with Crippen LogP contribution in [-0.2, 0) is 49.3 Å². The minimum Gasteiger partial charge on any atom is -0.466 e. The van der Waals surface area contributed by atoms with E-state index in [2.05, 4.69) is 10.2 Å². The van der Waals surface area contributed by atoms with Gasteiger partial charge in [0.05, 0.1) is 54.6 Å². The quantitative estimate of drug-likeness (QED) is 0.0960. The van der Waals surface area contributed by atoms with E-state index in [4.69, 9.17) is 45.4 Å². The fourth-order valence-corrected chi connectivity index (χ4v) is 11.3. The minimum atomic E-state index is -1.94. The number of benzene rings is 1. The highest BCUT2D eigenvalue weighted by atomic mass is 32.1. The number of esters is 2. The summed E-state index contributed by atoms with van der Waals surface area (Å²) in [6, 6.07) is 8.82. The summed E-state index contributed by atoms with van der Waals surface area (Å²) in [5.74, 6) is -3.26. The van der Waals surface area contributed by atoms with Crippen LogP contribution in [0, 0.1) is 17.8 Å². The number of aliphatic hydroxyl groups is 5. The fourth-order valence-electron chi connectivity index (χ4n) is 11.0. The summed E-state index contributed by atoms with van der Waals surface area (Å²) in [7, 11) is 5.26. The Kier molecular flexibility index (Phi) is 23.6. The second-order valence-corrected chi connectivity index (χ2v) is 22.1. The third-order valence-corrected chi connectivity index (χ3v) is 15.8. The van der Waals surface area contributed by atoms with Gasteiger partial charge in [-0.1, -0.05) is 51.1 Å². The van der Waals surface area contributed by atoms with Gasteiger partial charge in [0, 0.05) is 64.3 Å². The Morgan fingerprint density at radius 3 is 2.22 bits per heavy atom. The van der Waals surface area contributed by atoms with Crippen LogP contribution in [0.15, 0.2) is 30.3 Å². The van der Waals surface area contributed by atoms with Crippen LogP contribution >= 0.6 is 12.2 Å². The van der Waals surface area contributed by atoms with Crippen molar-refractivity contribution in [2.45, 2.75) is 212 Å². The molecule has 0 spiro atoms. The average molecular weight is 1040 g/mol. The topological polar surface area (TPSA) is 222 Å². The molecular weight excluding hydrogens is 949 g/mol. The molecule has 3 fully saturated rings. The minimum absolute atomic E-state index is 0.0940. The predicted molar refractivity (Wildman–Crippen MR) is 276 cm³/mol. The number of rotatable bonds is 17. The monoisotopic (exact) mass is 1040 g/mol. The molecule has 3 heterocycles. The maximum Gasteiger partial charge on any atom is 0.311 e. The van der Waals surface area contributed by atoms with Gasteiger partial charge in [-0.2, -0.15) is 0 Å². The number of nitrogens with zero attached hydrogens (tertiary/aromatic N) is 3. The summed E-state index contributed by atoms with van der Waals surface area (Å²) in [6.07, 6.45) is -8.53. The highest BCUT2D eigenvalue weighted by molar-refractivity contribution is 7.80. The first-order chi connectivity index (χ1) is 33.7. The number of nitrogens with one attached hydrogen (secondary N) is 1. The van der Waals surface area contributed by atoms with Gasteiger partial charge < -0.3 is 73.8 Å². The Morgan fingerprint density at radius 2 is 1.61 bits per heavy atom. The third-order valence-electron chi connectivity index (χ3n) is 15.4. The molecule has 0 saturated carbocycles. The number of thiocarbonyl (C=S) groups is 1. The Hall–Kier alpha value is -2.63. The molecule has 1 aromatic rings. The van der Waals surface area contributed by atoms with Crippen LogP contribution in [0.5, 0.6) is 0 Å². The molecule has 3 aliphatic heterocycles. The molecule has 18 atom stereocenters. The average Bonchev–Trinajstić information content (AvgIpc) is 3.32. The van der Waals surface area contributed by atoms with Crippen molar-refractivity contribution in [3.05, 3.63) is 35.9 Å². The first-order valence-electron chi connectivity index (χ1n) is 26.2. The Labute approximate surface area is 435 Å². The van der Waals surface area contributed by atoms with E-state index in [0.29, 0.717) is 50.7 Å². The van der Waals surface area contributed by atoms with Crippen molar-refractivity contribution < 1.29 is 68.3 Å². The first-order valence-corrected chi connectivity index (χ1v) is 26.6. The Morgan fingerprint density at radius 1 is 0.944 bits per heavy atom. The van der Waals surface area contributed by atoms with Crippen LogP contribution in [0.4, 0.5) is 0 Å². The van der Waals surface area contributed by atoms with Crippen LogP contribution in [0.25, 0.3) is 0 Å². The van der Waals surface area contributed by atoms with Crippen molar-refractivity contribution in [2.24, 2.45) is 17.8 Å². The third kappa shape index (κ3) is 16.2. The van der Waals surface area contributed by atoms with Gasteiger partial charge in [0.2, 0.25) is 0 Å². The zero-order valence-electron chi connectivity index (χ0n) is 45.7. The van der Waals surface area contributed by atoms with E-state index in [0.717, 1.165) is 5.56 Å². The van der Waals surface area contributed by atoms with Crippen LogP contribution in [0.2, 0.25) is 0 Å². The number of carbonyl (C=O) groups is 2. The molecule has 3 aliphatic rings. The normalized spacial score (nSPS) is 38.8. The maximum absolute atomic E-state index is 14.7. The van der Waals surface area contributed by atoms with Gasteiger partial charge in [-0.05, 0) is 119 Å². The standard InChI is InChI=1S/C53H92N4O14S/c1-15-40-53(11,64)45(60)36(7)57(25-20-24-56(26-23-41(58)66-16-2)50(72)54-30-38-21-18-17-19-22-38)31-32(3)28-51(9,63)47(71-49-43(59)39(55(12)13)27-33(4)67-49)34(5)44(35(6)48(62)69-40)70-42-29-52(10,65-14)46(61)37(8)68-42/h17-19,21-22,32-37,39-40,42-47,49,59-61,63-64H,15-16,20,23-31H2,1-14H3,(H,54,72)/t32-,33-,34+,35-,36-,37+,39+,40-,42+,43-,44+,45-,46+,47-,49+,51-,52-,53-/m1/s1. The molecule has 18 nitrogen and oxygen atoms in total. The van der Waals surface area contributed by atoms with E-state index in [1.165, 1.54) is 14.0 Å². The molecule has 0 aromatic heterocycles. The second-order valence-electron chi connectivity index (χ2n) is 21.8. The van der Waals surface area contributed by atoms with Crippen molar-refractivity contribution in [1.82, 2.24) is 20.0 Å². The summed E-state index contributed by atoms with van der Waals surface area (Å²) < 4.78 is 43.5. The molecule has 0 bridgehead atoms. The lowest BCUT2D eigenvalue weighted by Crippen LogP contribution is -2.60. The summed E-state index contributed by atoms with van der Waals surface area (Å²) in [5, 5.41) is 64.3. The molecule has 72 heavy (non-hydrogen) atoms. The highest BCUT2D eigenvalue weighted by Crippen LogP contribution is 2.40. The molecule has 0 aliphatic carbocycles. The molecule has 4 rings (SSSR count). The number of hydrogen-bond donors (Lipinski definition) is 6. The van der Waals surface area contributed by atoms with E-state index in [-0.39, 0.29) is 56.3 Å². The molecule has 0 amide bonds. The van der Waals surface area contributed by atoms with Gasteiger partial charge in [-0.15, -0.1) is 0 Å². The first kappa shape index (κ1) is 61.9. The number of hydrogen-bond acceptors (Lipinski definition) is 17. The van der Waals surface area contributed by atoms with E-state index in [1.54, 1.807) is 41.5 Å². The molecule has 3 saturated heterocycles. The van der Waals surface area contributed by atoms with Crippen molar-refractivity contribution in [3.63, 3.8) is 0 Å². The van der Waals surface area contributed by atoms with Gasteiger partial charge in [0.1, 0.15) is 30.0 Å². The highest BCUT2D eigenvalue weighted by Gasteiger charge is 2.53. The van der Waals surface area contributed by atoms with Crippen molar-refractivity contribution in [3.8, 4) is 0 Å². The number of aliphatic hydroxyl groups excluding tert-OH is 3. The molecule has 0 radical (unpaired) electrons. The van der Waals surface area contributed by atoms with Crippen molar-refractivity contribution in [2.75, 3.05) is 54.0 Å². The van der Waals surface area contributed by atoms with E-state index >= 15 is 0 Å². The molecule has 1 aromatic carbocycles. The van der Waals surface area contributed by atoms with Gasteiger partial charge in [-0.3, -0.25) is 14.5 Å².